The van der Waals surface area contributed by atoms with Crippen molar-refractivity contribution in [3.63, 3.8) is 0 Å². The summed E-state index contributed by atoms with van der Waals surface area (Å²) in [5.74, 6) is 0.524. The number of anilines is 1. The molecule has 2 rings (SSSR count). The lowest BCUT2D eigenvalue weighted by Gasteiger charge is -2.12. The lowest BCUT2D eigenvalue weighted by atomic mass is 10.2. The quantitative estimate of drug-likeness (QED) is 0.933. The van der Waals surface area contributed by atoms with Gasteiger partial charge in [0.1, 0.15) is 11.5 Å². The van der Waals surface area contributed by atoms with Crippen molar-refractivity contribution in [1.29, 1.82) is 0 Å². The van der Waals surface area contributed by atoms with Gasteiger partial charge in [-0.3, -0.25) is 4.79 Å². The molecule has 0 atom stereocenters. The van der Waals surface area contributed by atoms with Crippen LogP contribution in [0.3, 0.4) is 0 Å². The SMILES string of the molecule is COc1cc(OC)c(NC(=O)c2ccno2)cc1Cl. The molecule has 7 heteroatoms. The first kappa shape index (κ1) is 13.2. The van der Waals surface area contributed by atoms with Crippen molar-refractivity contribution in [3.05, 3.63) is 35.2 Å². The number of hydrogen-bond donors (Lipinski definition) is 1. The minimum Gasteiger partial charge on any atom is -0.495 e. The Labute approximate surface area is 114 Å². The number of methoxy groups -OCH3 is 2. The lowest BCUT2D eigenvalue weighted by molar-refractivity contribution is 0.0987. The predicted molar refractivity (Wildman–Crippen MR) is 69.0 cm³/mol. The number of carbonyl (C=O) groups is 1. The number of carbonyl (C=O) groups excluding carboxylic acids is 1. The van der Waals surface area contributed by atoms with Gasteiger partial charge in [0.05, 0.1) is 31.1 Å². The molecule has 1 amide bonds. The second-order valence-corrected chi connectivity index (χ2v) is 3.93. The topological polar surface area (TPSA) is 73.6 Å². The van der Waals surface area contributed by atoms with Crippen molar-refractivity contribution in [1.82, 2.24) is 5.16 Å². The Bertz CT molecular complexity index is 584. The number of amides is 1. The molecule has 0 aliphatic rings. The number of nitrogens with zero attached hydrogens (tertiary/aromatic N) is 1. The van der Waals surface area contributed by atoms with E-state index in [-0.39, 0.29) is 5.76 Å². The second-order valence-electron chi connectivity index (χ2n) is 3.52. The Morgan fingerprint density at radius 1 is 1.32 bits per heavy atom. The molecule has 0 unspecified atom stereocenters. The number of rotatable bonds is 4. The van der Waals surface area contributed by atoms with E-state index in [4.69, 9.17) is 25.6 Å². The summed E-state index contributed by atoms with van der Waals surface area (Å²) in [4.78, 5) is 11.8. The van der Waals surface area contributed by atoms with Crippen LogP contribution in [-0.4, -0.2) is 25.3 Å². The molecular formula is C12H11ClN2O4. The van der Waals surface area contributed by atoms with Gasteiger partial charge in [-0.1, -0.05) is 16.8 Å². The Hall–Kier alpha value is -2.21. The number of hydrogen-bond acceptors (Lipinski definition) is 5. The number of aromatic nitrogens is 1. The van der Waals surface area contributed by atoms with Crippen LogP contribution in [0, 0.1) is 0 Å². The average molecular weight is 283 g/mol. The second kappa shape index (κ2) is 5.62. The third kappa shape index (κ3) is 2.79. The van der Waals surface area contributed by atoms with E-state index in [1.165, 1.54) is 32.5 Å². The van der Waals surface area contributed by atoms with Gasteiger partial charge in [0.25, 0.3) is 5.91 Å². The van der Waals surface area contributed by atoms with Crippen molar-refractivity contribution in [2.45, 2.75) is 0 Å². The predicted octanol–water partition coefficient (Wildman–Crippen LogP) is 2.60. The Morgan fingerprint density at radius 3 is 2.63 bits per heavy atom. The van der Waals surface area contributed by atoms with E-state index in [0.717, 1.165) is 0 Å². The summed E-state index contributed by atoms with van der Waals surface area (Å²) >= 11 is 6.00. The zero-order chi connectivity index (χ0) is 13.8. The van der Waals surface area contributed by atoms with Crippen LogP contribution in [0.5, 0.6) is 11.5 Å². The fourth-order valence-corrected chi connectivity index (χ4v) is 1.72. The molecule has 100 valence electrons. The van der Waals surface area contributed by atoms with Gasteiger partial charge in [0.15, 0.2) is 0 Å². The first-order valence-corrected chi connectivity index (χ1v) is 5.67. The lowest BCUT2D eigenvalue weighted by Crippen LogP contribution is -2.11. The van der Waals surface area contributed by atoms with Crippen LogP contribution in [0.25, 0.3) is 0 Å². The normalized spacial score (nSPS) is 10.1. The van der Waals surface area contributed by atoms with Gasteiger partial charge in [-0.2, -0.15) is 0 Å². The highest BCUT2D eigenvalue weighted by atomic mass is 35.5. The molecule has 0 saturated heterocycles. The van der Waals surface area contributed by atoms with E-state index in [1.807, 2.05) is 0 Å². The Morgan fingerprint density at radius 2 is 2.05 bits per heavy atom. The summed E-state index contributed by atoms with van der Waals surface area (Å²) < 4.78 is 15.0. The number of nitrogens with one attached hydrogen (secondary N) is 1. The minimum absolute atomic E-state index is 0.0917. The fraction of sp³-hybridized carbons (Fsp3) is 0.167. The first-order chi connectivity index (χ1) is 9.15. The number of ether oxygens (including phenoxy) is 2. The summed E-state index contributed by atoms with van der Waals surface area (Å²) in [5, 5.41) is 6.44. The van der Waals surface area contributed by atoms with Crippen LogP contribution in [0.4, 0.5) is 5.69 Å². The molecule has 0 spiro atoms. The highest BCUT2D eigenvalue weighted by Gasteiger charge is 2.15. The molecule has 1 heterocycles. The van der Waals surface area contributed by atoms with Crippen LogP contribution < -0.4 is 14.8 Å². The fourth-order valence-electron chi connectivity index (χ4n) is 1.47. The van der Waals surface area contributed by atoms with E-state index in [2.05, 4.69) is 10.5 Å². The van der Waals surface area contributed by atoms with Gasteiger partial charge in [-0.15, -0.1) is 0 Å². The molecule has 0 aliphatic heterocycles. The van der Waals surface area contributed by atoms with Crippen molar-refractivity contribution in [2.24, 2.45) is 0 Å². The van der Waals surface area contributed by atoms with Crippen LogP contribution in [0.1, 0.15) is 10.6 Å². The molecule has 6 nitrogen and oxygen atoms in total. The Kier molecular flexibility index (Phi) is 3.91. The van der Waals surface area contributed by atoms with Crippen molar-refractivity contribution >= 4 is 23.2 Å². The monoisotopic (exact) mass is 282 g/mol. The largest absolute Gasteiger partial charge is 0.495 e. The Balaban J connectivity index is 2.29. The summed E-state index contributed by atoms with van der Waals surface area (Å²) in [6.07, 6.45) is 1.38. The molecule has 1 aromatic heterocycles. The van der Waals surface area contributed by atoms with Crippen LogP contribution in [0.15, 0.2) is 28.9 Å². The smallest absolute Gasteiger partial charge is 0.294 e. The minimum atomic E-state index is -0.447. The molecule has 19 heavy (non-hydrogen) atoms. The third-order valence-corrected chi connectivity index (χ3v) is 2.68. The van der Waals surface area contributed by atoms with Gasteiger partial charge < -0.3 is 19.3 Å². The van der Waals surface area contributed by atoms with Crippen molar-refractivity contribution < 1.29 is 18.8 Å². The average Bonchev–Trinajstić information content (AvgIpc) is 2.93. The summed E-state index contributed by atoms with van der Waals surface area (Å²) in [6.45, 7) is 0. The van der Waals surface area contributed by atoms with Gasteiger partial charge in [-0.05, 0) is 6.07 Å². The molecule has 0 bridgehead atoms. The first-order valence-electron chi connectivity index (χ1n) is 5.29. The standard InChI is InChI=1S/C12H11ClN2O4/c1-17-10-6-11(18-2)8(5-7(10)13)15-12(16)9-3-4-14-19-9/h3-6H,1-2H3,(H,15,16). The molecular weight excluding hydrogens is 272 g/mol. The molecule has 0 radical (unpaired) electrons. The summed E-state index contributed by atoms with van der Waals surface area (Å²) in [7, 11) is 2.97. The molecule has 1 aromatic carbocycles. The van der Waals surface area contributed by atoms with E-state index in [1.54, 1.807) is 6.07 Å². The molecule has 0 aliphatic carbocycles. The molecule has 0 fully saturated rings. The number of halogens is 1. The van der Waals surface area contributed by atoms with Gasteiger partial charge in [0, 0.05) is 12.1 Å². The maximum absolute atomic E-state index is 11.8. The highest BCUT2D eigenvalue weighted by molar-refractivity contribution is 6.32. The van der Waals surface area contributed by atoms with Crippen molar-refractivity contribution in [3.8, 4) is 11.5 Å². The zero-order valence-corrected chi connectivity index (χ0v) is 11.0. The molecule has 2 aromatic rings. The van der Waals surface area contributed by atoms with Crippen molar-refractivity contribution in [2.75, 3.05) is 19.5 Å². The van der Waals surface area contributed by atoms with Gasteiger partial charge in [-0.25, -0.2) is 0 Å². The number of benzene rings is 1. The summed E-state index contributed by atoms with van der Waals surface area (Å²) in [6, 6.07) is 4.57. The molecule has 0 saturated carbocycles. The van der Waals surface area contributed by atoms with Crippen LogP contribution in [-0.2, 0) is 0 Å². The van der Waals surface area contributed by atoms with Gasteiger partial charge >= 0.3 is 0 Å². The zero-order valence-electron chi connectivity index (χ0n) is 10.3. The van der Waals surface area contributed by atoms with Crippen LogP contribution >= 0.6 is 11.6 Å². The molecule has 1 N–H and O–H groups in total. The van der Waals surface area contributed by atoms with E-state index >= 15 is 0 Å². The summed E-state index contributed by atoms with van der Waals surface area (Å²) in [5.41, 5.74) is 0.412. The van der Waals surface area contributed by atoms with Crippen LogP contribution in [0.2, 0.25) is 5.02 Å². The maximum atomic E-state index is 11.8. The van der Waals surface area contributed by atoms with Gasteiger partial charge in [0.2, 0.25) is 5.76 Å². The maximum Gasteiger partial charge on any atom is 0.294 e. The van der Waals surface area contributed by atoms with E-state index in [0.29, 0.717) is 22.2 Å². The highest BCUT2D eigenvalue weighted by Crippen LogP contribution is 2.36. The van der Waals surface area contributed by atoms with E-state index < -0.39 is 5.91 Å². The third-order valence-electron chi connectivity index (χ3n) is 2.38. The van der Waals surface area contributed by atoms with E-state index in [9.17, 15) is 4.79 Å².